The van der Waals surface area contributed by atoms with E-state index >= 15 is 0 Å². The maximum Gasteiger partial charge on any atom is 0.163 e. The van der Waals surface area contributed by atoms with E-state index in [2.05, 4.69) is 41.2 Å². The number of anilines is 2. The summed E-state index contributed by atoms with van der Waals surface area (Å²) in [7, 11) is 1.69. The summed E-state index contributed by atoms with van der Waals surface area (Å²) in [6, 6.07) is 8.07. The standard InChI is InChI=1S/C17H21N5O/c1-17(2,3)22-16-14(9-20-22)15(18-11-19-16)21-13-7-5-6-12(8-13)10-23-4/h5-9,11H,10H2,1-4H3,(H,18,19,21). The first-order valence-electron chi connectivity index (χ1n) is 7.53. The molecule has 0 saturated carbocycles. The third-order valence-electron chi connectivity index (χ3n) is 3.50. The van der Waals surface area contributed by atoms with Crippen molar-refractivity contribution in [1.82, 2.24) is 19.7 Å². The van der Waals surface area contributed by atoms with Gasteiger partial charge < -0.3 is 10.1 Å². The zero-order valence-electron chi connectivity index (χ0n) is 13.9. The van der Waals surface area contributed by atoms with E-state index in [1.54, 1.807) is 13.4 Å². The lowest BCUT2D eigenvalue weighted by Crippen LogP contribution is -2.23. The Morgan fingerprint density at radius 1 is 1.22 bits per heavy atom. The SMILES string of the molecule is COCc1cccc(Nc2ncnc3c2cnn3C(C)(C)C)c1. The summed E-state index contributed by atoms with van der Waals surface area (Å²) in [5, 5.41) is 8.72. The molecule has 1 N–H and O–H groups in total. The molecule has 3 aromatic rings. The Balaban J connectivity index is 1.98. The maximum absolute atomic E-state index is 5.18. The minimum Gasteiger partial charge on any atom is -0.380 e. The predicted molar refractivity (Wildman–Crippen MR) is 90.8 cm³/mol. The molecule has 0 aliphatic heterocycles. The number of aromatic nitrogens is 4. The number of fused-ring (bicyclic) bond motifs is 1. The molecular formula is C17H21N5O. The summed E-state index contributed by atoms with van der Waals surface area (Å²) in [6.45, 7) is 6.88. The molecule has 0 bridgehead atoms. The monoisotopic (exact) mass is 311 g/mol. The van der Waals surface area contributed by atoms with Crippen LogP contribution in [-0.4, -0.2) is 26.9 Å². The van der Waals surface area contributed by atoms with Gasteiger partial charge in [-0.25, -0.2) is 14.6 Å². The van der Waals surface area contributed by atoms with Crippen molar-refractivity contribution in [2.45, 2.75) is 32.9 Å². The second-order valence-corrected chi connectivity index (χ2v) is 6.45. The molecule has 23 heavy (non-hydrogen) atoms. The molecule has 0 spiro atoms. The predicted octanol–water partition coefficient (Wildman–Crippen LogP) is 3.47. The summed E-state index contributed by atoms with van der Waals surface area (Å²) in [6.07, 6.45) is 3.37. The Morgan fingerprint density at radius 3 is 2.78 bits per heavy atom. The normalized spacial score (nSPS) is 11.8. The number of rotatable bonds is 4. The van der Waals surface area contributed by atoms with Gasteiger partial charge in [-0.05, 0) is 38.5 Å². The van der Waals surface area contributed by atoms with Crippen LogP contribution in [0.15, 0.2) is 36.8 Å². The Bertz CT molecular complexity index is 819. The van der Waals surface area contributed by atoms with Crippen molar-refractivity contribution in [1.29, 1.82) is 0 Å². The zero-order valence-corrected chi connectivity index (χ0v) is 13.9. The third-order valence-corrected chi connectivity index (χ3v) is 3.50. The van der Waals surface area contributed by atoms with Gasteiger partial charge in [0.25, 0.3) is 0 Å². The number of hydrogen-bond donors (Lipinski definition) is 1. The number of hydrogen-bond acceptors (Lipinski definition) is 5. The van der Waals surface area contributed by atoms with E-state index in [0.717, 1.165) is 28.1 Å². The van der Waals surface area contributed by atoms with E-state index in [0.29, 0.717) is 6.61 Å². The number of ether oxygens (including phenoxy) is 1. The Labute approximate surface area is 135 Å². The minimum atomic E-state index is -0.133. The number of nitrogens with zero attached hydrogens (tertiary/aromatic N) is 4. The molecular weight excluding hydrogens is 290 g/mol. The molecule has 6 nitrogen and oxygen atoms in total. The smallest absolute Gasteiger partial charge is 0.163 e. The van der Waals surface area contributed by atoms with E-state index in [4.69, 9.17) is 4.74 Å². The van der Waals surface area contributed by atoms with Crippen molar-refractivity contribution < 1.29 is 4.74 Å². The maximum atomic E-state index is 5.18. The fourth-order valence-electron chi connectivity index (χ4n) is 2.48. The molecule has 0 fully saturated rings. The van der Waals surface area contributed by atoms with Gasteiger partial charge >= 0.3 is 0 Å². The van der Waals surface area contributed by atoms with Crippen LogP contribution in [-0.2, 0) is 16.9 Å². The summed E-state index contributed by atoms with van der Waals surface area (Å²) < 4.78 is 7.09. The van der Waals surface area contributed by atoms with E-state index in [1.807, 2.05) is 35.1 Å². The van der Waals surface area contributed by atoms with Crippen LogP contribution in [0, 0.1) is 0 Å². The van der Waals surface area contributed by atoms with Crippen LogP contribution >= 0.6 is 0 Å². The average Bonchev–Trinajstić information content (AvgIpc) is 2.93. The van der Waals surface area contributed by atoms with Gasteiger partial charge in [0.1, 0.15) is 12.1 Å². The highest BCUT2D eigenvalue weighted by Crippen LogP contribution is 2.26. The highest BCUT2D eigenvalue weighted by molar-refractivity contribution is 5.88. The molecule has 2 aromatic heterocycles. The van der Waals surface area contributed by atoms with Crippen molar-refractivity contribution in [3.05, 3.63) is 42.4 Å². The first kappa shape index (κ1) is 15.4. The van der Waals surface area contributed by atoms with Gasteiger partial charge in [-0.1, -0.05) is 12.1 Å². The van der Waals surface area contributed by atoms with Crippen LogP contribution < -0.4 is 5.32 Å². The van der Waals surface area contributed by atoms with Crippen molar-refractivity contribution in [3.8, 4) is 0 Å². The van der Waals surface area contributed by atoms with E-state index in [1.165, 1.54) is 0 Å². The van der Waals surface area contributed by atoms with Gasteiger partial charge in [0.15, 0.2) is 5.65 Å². The summed E-state index contributed by atoms with van der Waals surface area (Å²) in [5.41, 5.74) is 2.76. The molecule has 120 valence electrons. The molecule has 0 amide bonds. The Hall–Kier alpha value is -2.47. The topological polar surface area (TPSA) is 64.9 Å². The van der Waals surface area contributed by atoms with Crippen molar-refractivity contribution in [2.24, 2.45) is 0 Å². The lowest BCUT2D eigenvalue weighted by molar-refractivity contribution is 0.185. The molecule has 0 aliphatic rings. The lowest BCUT2D eigenvalue weighted by atomic mass is 10.1. The van der Waals surface area contributed by atoms with Crippen LogP contribution in [0.1, 0.15) is 26.3 Å². The second-order valence-electron chi connectivity index (χ2n) is 6.45. The van der Waals surface area contributed by atoms with Crippen LogP contribution in [0.5, 0.6) is 0 Å². The first-order valence-corrected chi connectivity index (χ1v) is 7.53. The van der Waals surface area contributed by atoms with Crippen molar-refractivity contribution in [3.63, 3.8) is 0 Å². The van der Waals surface area contributed by atoms with Gasteiger partial charge in [0.05, 0.1) is 23.7 Å². The number of methoxy groups -OCH3 is 1. The van der Waals surface area contributed by atoms with Crippen LogP contribution in [0.3, 0.4) is 0 Å². The van der Waals surface area contributed by atoms with E-state index in [9.17, 15) is 0 Å². The highest BCUT2D eigenvalue weighted by Gasteiger charge is 2.19. The molecule has 2 heterocycles. The highest BCUT2D eigenvalue weighted by atomic mass is 16.5. The quantitative estimate of drug-likeness (QED) is 0.799. The van der Waals surface area contributed by atoms with Gasteiger partial charge in [-0.2, -0.15) is 5.10 Å². The van der Waals surface area contributed by atoms with Crippen molar-refractivity contribution >= 4 is 22.5 Å². The van der Waals surface area contributed by atoms with Crippen LogP contribution in [0.25, 0.3) is 11.0 Å². The number of nitrogens with one attached hydrogen (secondary N) is 1. The van der Waals surface area contributed by atoms with Crippen molar-refractivity contribution in [2.75, 3.05) is 12.4 Å². The zero-order chi connectivity index (χ0) is 16.4. The fraction of sp³-hybridized carbons (Fsp3) is 0.353. The third kappa shape index (κ3) is 3.17. The second kappa shape index (κ2) is 5.96. The molecule has 0 unspecified atom stereocenters. The average molecular weight is 311 g/mol. The van der Waals surface area contributed by atoms with Gasteiger partial charge in [0, 0.05) is 12.8 Å². The molecule has 0 aliphatic carbocycles. The van der Waals surface area contributed by atoms with E-state index in [-0.39, 0.29) is 5.54 Å². The summed E-state index contributed by atoms with van der Waals surface area (Å²) >= 11 is 0. The summed E-state index contributed by atoms with van der Waals surface area (Å²) in [4.78, 5) is 8.75. The van der Waals surface area contributed by atoms with Gasteiger partial charge in [0.2, 0.25) is 0 Å². The minimum absolute atomic E-state index is 0.133. The molecule has 1 aromatic carbocycles. The molecule has 0 radical (unpaired) electrons. The first-order chi connectivity index (χ1) is 11.0. The van der Waals surface area contributed by atoms with Gasteiger partial charge in [-0.15, -0.1) is 0 Å². The Morgan fingerprint density at radius 2 is 2.04 bits per heavy atom. The van der Waals surface area contributed by atoms with Crippen LogP contribution in [0.4, 0.5) is 11.5 Å². The largest absolute Gasteiger partial charge is 0.380 e. The molecule has 6 heteroatoms. The summed E-state index contributed by atoms with van der Waals surface area (Å²) in [5.74, 6) is 0.750. The van der Waals surface area contributed by atoms with Crippen LogP contribution in [0.2, 0.25) is 0 Å². The lowest BCUT2D eigenvalue weighted by Gasteiger charge is -2.19. The number of benzene rings is 1. The van der Waals surface area contributed by atoms with E-state index < -0.39 is 0 Å². The molecule has 0 saturated heterocycles. The fourth-order valence-corrected chi connectivity index (χ4v) is 2.48. The molecule has 0 atom stereocenters. The molecule has 3 rings (SSSR count). The Kier molecular flexibility index (Phi) is 4.00. The van der Waals surface area contributed by atoms with Gasteiger partial charge in [-0.3, -0.25) is 0 Å².